The lowest BCUT2D eigenvalue weighted by atomic mass is 10.0. The minimum absolute atomic E-state index is 0.922. The molecule has 0 amide bonds. The van der Waals surface area contributed by atoms with Gasteiger partial charge < -0.3 is 5.43 Å². The number of nitrogens with one attached hydrogen (secondary N) is 1. The van der Waals surface area contributed by atoms with E-state index in [1.54, 1.807) is 0 Å². The second-order valence-electron chi connectivity index (χ2n) is 4.22. The number of fused-ring (bicyclic) bond motifs is 1. The van der Waals surface area contributed by atoms with Gasteiger partial charge in [-0.25, -0.2) is 0 Å². The number of benzene rings is 1. The average molecular weight is 229 g/mol. The predicted octanol–water partition coefficient (Wildman–Crippen LogP) is 3.04. The van der Waals surface area contributed by atoms with Gasteiger partial charge in [-0.3, -0.25) is 10.8 Å². The zero-order valence-corrected chi connectivity index (χ0v) is 10.5. The quantitative estimate of drug-likeness (QED) is 0.626. The Bertz CT molecular complexity index is 520. The molecule has 1 aromatic carbocycles. The van der Waals surface area contributed by atoms with E-state index in [9.17, 15) is 0 Å². The Labute approximate surface area is 102 Å². The number of aromatic nitrogens is 1. The van der Waals surface area contributed by atoms with Gasteiger partial charge in [0.2, 0.25) is 0 Å². The number of anilines is 1. The van der Waals surface area contributed by atoms with Crippen LogP contribution in [0.2, 0.25) is 0 Å². The van der Waals surface area contributed by atoms with Crippen LogP contribution >= 0.6 is 0 Å². The summed E-state index contributed by atoms with van der Waals surface area (Å²) in [7, 11) is 0. The van der Waals surface area contributed by atoms with E-state index in [4.69, 9.17) is 10.8 Å². The maximum atomic E-state index is 5.59. The number of nitrogens with zero attached hydrogens (tertiary/aromatic N) is 1. The van der Waals surface area contributed by atoms with E-state index < -0.39 is 0 Å². The van der Waals surface area contributed by atoms with E-state index in [0.717, 1.165) is 41.5 Å². The maximum absolute atomic E-state index is 5.59. The fourth-order valence-corrected chi connectivity index (χ4v) is 2.13. The zero-order chi connectivity index (χ0) is 12.3. The first-order valence-corrected chi connectivity index (χ1v) is 6.18. The number of hydrogen-bond donors (Lipinski definition) is 2. The maximum Gasteiger partial charge on any atom is 0.0758 e. The third kappa shape index (κ3) is 2.24. The lowest BCUT2D eigenvalue weighted by molar-refractivity contribution is 0.923. The summed E-state index contributed by atoms with van der Waals surface area (Å²) in [4.78, 5) is 4.73. The van der Waals surface area contributed by atoms with Crippen molar-refractivity contribution in [1.29, 1.82) is 0 Å². The molecule has 0 spiro atoms. The lowest BCUT2D eigenvalue weighted by Crippen LogP contribution is -2.08. The van der Waals surface area contributed by atoms with Crippen LogP contribution in [0.3, 0.4) is 0 Å². The Kier molecular flexibility index (Phi) is 3.59. The van der Waals surface area contributed by atoms with E-state index in [1.807, 2.05) is 6.07 Å². The fraction of sp³-hybridized carbons (Fsp3) is 0.357. The minimum atomic E-state index is 0.922. The molecule has 90 valence electrons. The van der Waals surface area contributed by atoms with Crippen LogP contribution in [0, 0.1) is 0 Å². The molecule has 0 bridgehead atoms. The molecule has 17 heavy (non-hydrogen) atoms. The molecule has 2 rings (SSSR count). The Balaban J connectivity index is 2.70. The van der Waals surface area contributed by atoms with Crippen LogP contribution in [0.15, 0.2) is 24.3 Å². The van der Waals surface area contributed by atoms with Crippen LogP contribution < -0.4 is 11.3 Å². The van der Waals surface area contributed by atoms with Gasteiger partial charge in [0.05, 0.1) is 11.2 Å². The van der Waals surface area contributed by atoms with Crippen molar-refractivity contribution in [3.05, 3.63) is 35.5 Å². The second kappa shape index (κ2) is 5.15. The van der Waals surface area contributed by atoms with Crippen LogP contribution in [0.1, 0.15) is 31.5 Å². The standard InChI is InChI=1S/C14H19N3/c1-3-6-10-7-5-8-12-13(17-15)9-11(4-2)16-14(10)12/h5,7-9H,3-4,6,15H2,1-2H3,(H,16,17). The first-order valence-electron chi connectivity index (χ1n) is 6.18. The molecule has 1 heterocycles. The van der Waals surface area contributed by atoms with Crippen molar-refractivity contribution in [2.45, 2.75) is 33.1 Å². The number of nitrogens with two attached hydrogens (primary N) is 1. The van der Waals surface area contributed by atoms with Gasteiger partial charge in [-0.2, -0.15) is 0 Å². The van der Waals surface area contributed by atoms with Gasteiger partial charge in [0.15, 0.2) is 0 Å². The van der Waals surface area contributed by atoms with Crippen molar-refractivity contribution in [2.75, 3.05) is 5.43 Å². The molecule has 0 aliphatic carbocycles. The van der Waals surface area contributed by atoms with Crippen LogP contribution in [0.25, 0.3) is 10.9 Å². The Hall–Kier alpha value is -1.61. The third-order valence-corrected chi connectivity index (χ3v) is 3.01. The van der Waals surface area contributed by atoms with Crippen LogP contribution in [0.5, 0.6) is 0 Å². The Morgan fingerprint density at radius 2 is 2.12 bits per heavy atom. The van der Waals surface area contributed by atoms with E-state index in [1.165, 1.54) is 5.56 Å². The minimum Gasteiger partial charge on any atom is -0.323 e. The van der Waals surface area contributed by atoms with E-state index in [-0.39, 0.29) is 0 Å². The topological polar surface area (TPSA) is 50.9 Å². The molecule has 0 saturated heterocycles. The molecule has 3 heteroatoms. The number of pyridine rings is 1. The van der Waals surface area contributed by atoms with Gasteiger partial charge in [-0.1, -0.05) is 38.5 Å². The molecule has 0 aliphatic rings. The molecule has 1 aromatic heterocycles. The number of hydrogen-bond acceptors (Lipinski definition) is 3. The Morgan fingerprint density at radius 1 is 1.29 bits per heavy atom. The number of nitrogen functional groups attached to an aromatic ring is 1. The van der Waals surface area contributed by atoms with Crippen molar-refractivity contribution in [1.82, 2.24) is 4.98 Å². The van der Waals surface area contributed by atoms with E-state index in [0.29, 0.717) is 0 Å². The van der Waals surface area contributed by atoms with Crippen molar-refractivity contribution in [3.63, 3.8) is 0 Å². The highest BCUT2D eigenvalue weighted by atomic mass is 15.2. The summed E-state index contributed by atoms with van der Waals surface area (Å²) in [6.45, 7) is 4.29. The van der Waals surface area contributed by atoms with Gasteiger partial charge in [0, 0.05) is 11.1 Å². The van der Waals surface area contributed by atoms with Crippen molar-refractivity contribution in [2.24, 2.45) is 5.84 Å². The second-order valence-corrected chi connectivity index (χ2v) is 4.22. The van der Waals surface area contributed by atoms with E-state index >= 15 is 0 Å². The van der Waals surface area contributed by atoms with Gasteiger partial charge in [0.1, 0.15) is 0 Å². The SMILES string of the molecule is CCCc1cccc2c(NN)cc(CC)nc12. The molecule has 2 aromatic rings. The molecule has 3 N–H and O–H groups in total. The van der Waals surface area contributed by atoms with Crippen molar-refractivity contribution >= 4 is 16.6 Å². The molecule has 0 radical (unpaired) electrons. The Morgan fingerprint density at radius 3 is 2.76 bits per heavy atom. The summed E-state index contributed by atoms with van der Waals surface area (Å²) in [5, 5.41) is 1.11. The number of aryl methyl sites for hydroxylation is 2. The molecular weight excluding hydrogens is 210 g/mol. The normalized spacial score (nSPS) is 10.8. The summed E-state index contributed by atoms with van der Waals surface area (Å²) in [6.07, 6.45) is 3.11. The smallest absolute Gasteiger partial charge is 0.0758 e. The lowest BCUT2D eigenvalue weighted by Gasteiger charge is -2.11. The summed E-state index contributed by atoms with van der Waals surface area (Å²) < 4.78 is 0. The molecule has 0 atom stereocenters. The first kappa shape index (κ1) is 11.9. The highest BCUT2D eigenvalue weighted by Gasteiger charge is 2.07. The number of rotatable bonds is 4. The van der Waals surface area contributed by atoms with Crippen LogP contribution in [-0.4, -0.2) is 4.98 Å². The van der Waals surface area contributed by atoms with Crippen LogP contribution in [-0.2, 0) is 12.8 Å². The molecule has 0 saturated carbocycles. The molecule has 3 nitrogen and oxygen atoms in total. The largest absolute Gasteiger partial charge is 0.323 e. The highest BCUT2D eigenvalue weighted by Crippen LogP contribution is 2.26. The van der Waals surface area contributed by atoms with Gasteiger partial charge in [-0.15, -0.1) is 0 Å². The summed E-state index contributed by atoms with van der Waals surface area (Å²) >= 11 is 0. The summed E-state index contributed by atoms with van der Waals surface area (Å²) in [5.74, 6) is 5.59. The number of para-hydroxylation sites is 1. The van der Waals surface area contributed by atoms with Gasteiger partial charge >= 0.3 is 0 Å². The summed E-state index contributed by atoms with van der Waals surface area (Å²) in [6, 6.07) is 8.31. The zero-order valence-electron chi connectivity index (χ0n) is 10.5. The van der Waals surface area contributed by atoms with Gasteiger partial charge in [0.25, 0.3) is 0 Å². The monoisotopic (exact) mass is 229 g/mol. The highest BCUT2D eigenvalue weighted by molar-refractivity contribution is 5.93. The number of hydrazine groups is 1. The van der Waals surface area contributed by atoms with Gasteiger partial charge in [-0.05, 0) is 24.5 Å². The van der Waals surface area contributed by atoms with Crippen LogP contribution in [0.4, 0.5) is 5.69 Å². The summed E-state index contributed by atoms with van der Waals surface area (Å²) in [5.41, 5.74) is 7.20. The fourth-order valence-electron chi connectivity index (χ4n) is 2.13. The average Bonchev–Trinajstić information content (AvgIpc) is 2.38. The molecule has 0 fully saturated rings. The predicted molar refractivity (Wildman–Crippen MR) is 72.9 cm³/mol. The third-order valence-electron chi connectivity index (χ3n) is 3.01. The first-order chi connectivity index (χ1) is 8.30. The molecule has 0 aliphatic heterocycles. The molecular formula is C14H19N3. The molecule has 0 unspecified atom stereocenters. The van der Waals surface area contributed by atoms with E-state index in [2.05, 4.69) is 37.5 Å². The van der Waals surface area contributed by atoms with Crippen molar-refractivity contribution < 1.29 is 0 Å². The van der Waals surface area contributed by atoms with Crippen molar-refractivity contribution in [3.8, 4) is 0 Å².